The summed E-state index contributed by atoms with van der Waals surface area (Å²) < 4.78 is 13.9. The Labute approximate surface area is 107 Å². The number of nitrogens with zero attached hydrogens (tertiary/aromatic N) is 1. The molecule has 1 aliphatic heterocycles. The number of hydrogen-bond donors (Lipinski definition) is 1. The Morgan fingerprint density at radius 2 is 2.33 bits per heavy atom. The number of carbonyl (C=O) groups excluding carboxylic acids is 1. The molecule has 1 atom stereocenters. The first-order chi connectivity index (χ1) is 8.65. The molecule has 1 heterocycles. The molecule has 0 aromatic heterocycles. The van der Waals surface area contributed by atoms with Gasteiger partial charge in [-0.2, -0.15) is 0 Å². The predicted octanol–water partition coefficient (Wildman–Crippen LogP) is 2.01. The van der Waals surface area contributed by atoms with Crippen LogP contribution in [0.4, 0.5) is 4.39 Å². The predicted molar refractivity (Wildman–Crippen MR) is 68.5 cm³/mol. The molecule has 18 heavy (non-hydrogen) atoms. The van der Waals surface area contributed by atoms with E-state index in [4.69, 9.17) is 5.73 Å². The molecule has 98 valence electrons. The van der Waals surface area contributed by atoms with E-state index in [1.165, 1.54) is 6.07 Å². The van der Waals surface area contributed by atoms with E-state index in [9.17, 15) is 9.18 Å². The first-order valence-corrected chi connectivity index (χ1v) is 6.42. The fraction of sp³-hybridized carbons (Fsp3) is 0.500. The van der Waals surface area contributed by atoms with Gasteiger partial charge >= 0.3 is 0 Å². The van der Waals surface area contributed by atoms with Gasteiger partial charge in [0.1, 0.15) is 5.82 Å². The Kier molecular flexibility index (Phi) is 3.97. The van der Waals surface area contributed by atoms with Crippen LogP contribution in [-0.2, 0) is 11.2 Å². The van der Waals surface area contributed by atoms with Crippen LogP contribution in [-0.4, -0.2) is 23.9 Å². The van der Waals surface area contributed by atoms with Crippen molar-refractivity contribution in [1.29, 1.82) is 0 Å². The molecule has 0 fully saturated rings. The average Bonchev–Trinajstić information content (AvgIpc) is 2.36. The average molecular weight is 250 g/mol. The number of carbonyl (C=O) groups is 1. The molecule has 1 aromatic carbocycles. The number of benzene rings is 1. The van der Waals surface area contributed by atoms with E-state index in [-0.39, 0.29) is 17.8 Å². The Hall–Kier alpha value is -1.42. The number of fused-ring (bicyclic) bond motifs is 1. The van der Waals surface area contributed by atoms with Crippen molar-refractivity contribution in [2.24, 2.45) is 5.73 Å². The number of hydrogen-bond acceptors (Lipinski definition) is 2. The van der Waals surface area contributed by atoms with Crippen LogP contribution in [0.5, 0.6) is 0 Å². The van der Waals surface area contributed by atoms with Crippen LogP contribution in [0.2, 0.25) is 0 Å². The van der Waals surface area contributed by atoms with Gasteiger partial charge in [0.25, 0.3) is 0 Å². The number of nitrogens with two attached hydrogens (primary N) is 1. The summed E-state index contributed by atoms with van der Waals surface area (Å²) in [6.45, 7) is 3.07. The highest BCUT2D eigenvalue weighted by molar-refractivity contribution is 5.77. The van der Waals surface area contributed by atoms with Gasteiger partial charge in [-0.3, -0.25) is 4.79 Å². The third-order valence-electron chi connectivity index (χ3n) is 3.57. The Morgan fingerprint density at radius 3 is 3.06 bits per heavy atom. The van der Waals surface area contributed by atoms with Crippen LogP contribution in [0.15, 0.2) is 18.2 Å². The summed E-state index contributed by atoms with van der Waals surface area (Å²) in [7, 11) is 0. The SMILES string of the molecule is CC1c2c(F)cccc2CCN1C(=O)CCCN. The first-order valence-electron chi connectivity index (χ1n) is 6.42. The second kappa shape index (κ2) is 5.48. The molecular weight excluding hydrogens is 231 g/mol. The maximum absolute atomic E-state index is 13.9. The molecule has 4 heteroatoms. The van der Waals surface area contributed by atoms with Gasteiger partial charge in [0.2, 0.25) is 5.91 Å². The summed E-state index contributed by atoms with van der Waals surface area (Å²) in [4.78, 5) is 13.8. The van der Waals surface area contributed by atoms with Crippen molar-refractivity contribution in [3.8, 4) is 0 Å². The van der Waals surface area contributed by atoms with Gasteiger partial charge in [-0.15, -0.1) is 0 Å². The van der Waals surface area contributed by atoms with Crippen molar-refractivity contribution in [3.05, 3.63) is 35.1 Å². The van der Waals surface area contributed by atoms with E-state index in [2.05, 4.69) is 0 Å². The van der Waals surface area contributed by atoms with Crippen molar-refractivity contribution >= 4 is 5.91 Å². The lowest BCUT2D eigenvalue weighted by Gasteiger charge is -2.35. The van der Waals surface area contributed by atoms with Gasteiger partial charge in [-0.05, 0) is 37.9 Å². The summed E-state index contributed by atoms with van der Waals surface area (Å²) in [5.74, 6) is -0.141. The van der Waals surface area contributed by atoms with Gasteiger partial charge in [-0.25, -0.2) is 4.39 Å². The minimum Gasteiger partial charge on any atom is -0.335 e. The summed E-state index contributed by atoms with van der Waals surface area (Å²) in [6, 6.07) is 4.95. The summed E-state index contributed by atoms with van der Waals surface area (Å²) in [5, 5.41) is 0. The van der Waals surface area contributed by atoms with E-state index in [1.807, 2.05) is 13.0 Å². The van der Waals surface area contributed by atoms with Gasteiger partial charge in [0.05, 0.1) is 6.04 Å². The quantitative estimate of drug-likeness (QED) is 0.892. The second-order valence-electron chi connectivity index (χ2n) is 4.72. The largest absolute Gasteiger partial charge is 0.335 e. The molecule has 2 rings (SSSR count). The van der Waals surface area contributed by atoms with E-state index in [1.54, 1.807) is 11.0 Å². The lowest BCUT2D eigenvalue weighted by atomic mass is 9.92. The zero-order valence-corrected chi connectivity index (χ0v) is 10.7. The lowest BCUT2D eigenvalue weighted by Crippen LogP contribution is -2.39. The van der Waals surface area contributed by atoms with E-state index < -0.39 is 0 Å². The highest BCUT2D eigenvalue weighted by Crippen LogP contribution is 2.31. The topological polar surface area (TPSA) is 46.3 Å². The summed E-state index contributed by atoms with van der Waals surface area (Å²) in [5.41, 5.74) is 7.10. The zero-order valence-electron chi connectivity index (χ0n) is 10.7. The molecule has 2 N–H and O–H groups in total. The van der Waals surface area contributed by atoms with Crippen LogP contribution in [0, 0.1) is 5.82 Å². The summed E-state index contributed by atoms with van der Waals surface area (Å²) >= 11 is 0. The lowest BCUT2D eigenvalue weighted by molar-refractivity contribution is -0.133. The van der Waals surface area contributed by atoms with Crippen LogP contribution in [0.25, 0.3) is 0 Å². The summed E-state index contributed by atoms with van der Waals surface area (Å²) in [6.07, 6.45) is 1.86. The molecule has 1 aliphatic rings. The van der Waals surface area contributed by atoms with Gasteiger partial charge in [0.15, 0.2) is 0 Å². The molecule has 0 saturated heterocycles. The van der Waals surface area contributed by atoms with Crippen molar-refractivity contribution < 1.29 is 9.18 Å². The number of halogens is 1. The maximum Gasteiger partial charge on any atom is 0.223 e. The Bertz CT molecular complexity index is 447. The van der Waals surface area contributed by atoms with E-state index >= 15 is 0 Å². The Balaban J connectivity index is 2.19. The molecule has 0 radical (unpaired) electrons. The van der Waals surface area contributed by atoms with Gasteiger partial charge in [0, 0.05) is 18.5 Å². The third kappa shape index (κ3) is 2.38. The number of amides is 1. The first kappa shape index (κ1) is 13.0. The highest BCUT2D eigenvalue weighted by Gasteiger charge is 2.29. The molecular formula is C14H19FN2O. The molecule has 1 aromatic rings. The van der Waals surface area contributed by atoms with Crippen molar-refractivity contribution in [2.75, 3.05) is 13.1 Å². The van der Waals surface area contributed by atoms with Crippen molar-refractivity contribution in [3.63, 3.8) is 0 Å². The molecule has 0 bridgehead atoms. The minimum atomic E-state index is -0.212. The van der Waals surface area contributed by atoms with Crippen LogP contribution < -0.4 is 5.73 Å². The van der Waals surface area contributed by atoms with Crippen molar-refractivity contribution in [2.45, 2.75) is 32.2 Å². The molecule has 1 unspecified atom stereocenters. The second-order valence-corrected chi connectivity index (χ2v) is 4.72. The Morgan fingerprint density at radius 1 is 1.56 bits per heavy atom. The third-order valence-corrected chi connectivity index (χ3v) is 3.57. The normalized spacial score (nSPS) is 18.6. The van der Waals surface area contributed by atoms with E-state index in [0.29, 0.717) is 31.5 Å². The fourth-order valence-electron chi connectivity index (χ4n) is 2.60. The molecule has 3 nitrogen and oxygen atoms in total. The zero-order chi connectivity index (χ0) is 13.1. The van der Waals surface area contributed by atoms with Crippen LogP contribution in [0.1, 0.15) is 36.9 Å². The smallest absolute Gasteiger partial charge is 0.223 e. The van der Waals surface area contributed by atoms with Gasteiger partial charge in [-0.1, -0.05) is 12.1 Å². The van der Waals surface area contributed by atoms with Crippen LogP contribution in [0.3, 0.4) is 0 Å². The molecule has 0 aliphatic carbocycles. The molecule has 1 amide bonds. The highest BCUT2D eigenvalue weighted by atomic mass is 19.1. The fourth-order valence-corrected chi connectivity index (χ4v) is 2.60. The molecule has 0 spiro atoms. The van der Waals surface area contributed by atoms with E-state index in [0.717, 1.165) is 12.0 Å². The van der Waals surface area contributed by atoms with Gasteiger partial charge < -0.3 is 10.6 Å². The number of rotatable bonds is 3. The monoisotopic (exact) mass is 250 g/mol. The minimum absolute atomic E-state index is 0.0712. The molecule has 0 saturated carbocycles. The maximum atomic E-state index is 13.9. The van der Waals surface area contributed by atoms with Crippen molar-refractivity contribution in [1.82, 2.24) is 4.90 Å². The van der Waals surface area contributed by atoms with Crippen LogP contribution >= 0.6 is 0 Å². The standard InChI is InChI=1S/C14H19FN2O/c1-10-14-11(4-2-5-12(14)15)7-9-17(10)13(18)6-3-8-16/h2,4-5,10H,3,6-9,16H2,1H3.